The Hall–Kier alpha value is -0.820. The van der Waals surface area contributed by atoms with E-state index in [1.807, 2.05) is 6.92 Å². The van der Waals surface area contributed by atoms with Gasteiger partial charge in [0.25, 0.3) is 0 Å². The molecule has 0 fully saturated rings. The lowest BCUT2D eigenvalue weighted by atomic mass is 10.0. The van der Waals surface area contributed by atoms with Crippen LogP contribution < -0.4 is 0 Å². The van der Waals surface area contributed by atoms with E-state index in [9.17, 15) is 5.11 Å². The van der Waals surface area contributed by atoms with Crippen molar-refractivity contribution in [1.82, 2.24) is 0 Å². The molecule has 0 saturated heterocycles. The Kier molecular flexibility index (Phi) is 3.97. The molecule has 1 rings (SSSR count). The summed E-state index contributed by atoms with van der Waals surface area (Å²) in [5.74, 6) is 0. The topological polar surface area (TPSA) is 20.2 Å². The van der Waals surface area contributed by atoms with E-state index in [1.54, 1.807) is 0 Å². The Bertz CT molecular complexity index is 255. The van der Waals surface area contributed by atoms with Gasteiger partial charge in [0, 0.05) is 0 Å². The van der Waals surface area contributed by atoms with Crippen molar-refractivity contribution in [2.24, 2.45) is 0 Å². The zero-order valence-electron chi connectivity index (χ0n) is 8.46. The van der Waals surface area contributed by atoms with Crippen LogP contribution in [0.1, 0.15) is 30.9 Å². The van der Waals surface area contributed by atoms with Crippen LogP contribution in [0.2, 0.25) is 0 Å². The van der Waals surface area contributed by atoms with Crippen LogP contribution in [-0.4, -0.2) is 11.2 Å². The van der Waals surface area contributed by atoms with Crippen molar-refractivity contribution in [3.8, 4) is 0 Å². The van der Waals surface area contributed by atoms with E-state index in [0.717, 1.165) is 19.3 Å². The minimum atomic E-state index is -0.138. The number of hydrogen-bond donors (Lipinski definition) is 1. The van der Waals surface area contributed by atoms with Crippen LogP contribution in [-0.2, 0) is 6.42 Å². The maximum Gasteiger partial charge on any atom is 0.0540 e. The molecule has 0 heterocycles. The summed E-state index contributed by atoms with van der Waals surface area (Å²) in [6, 6.07) is 8.47. The van der Waals surface area contributed by atoms with E-state index in [4.69, 9.17) is 0 Å². The molecule has 0 aliphatic heterocycles. The Labute approximate surface area is 80.4 Å². The predicted molar refractivity (Wildman–Crippen MR) is 55.8 cm³/mol. The fraction of sp³-hybridized carbons (Fsp3) is 0.500. The first-order valence-corrected chi connectivity index (χ1v) is 4.96. The van der Waals surface area contributed by atoms with Gasteiger partial charge in [0.05, 0.1) is 6.10 Å². The lowest BCUT2D eigenvalue weighted by molar-refractivity contribution is 0.160. The minimum Gasteiger partial charge on any atom is -0.393 e. The molecule has 1 atom stereocenters. The molecule has 1 unspecified atom stereocenters. The smallest absolute Gasteiger partial charge is 0.0540 e. The molecule has 0 spiro atoms. The van der Waals surface area contributed by atoms with Gasteiger partial charge in [0.2, 0.25) is 0 Å². The summed E-state index contributed by atoms with van der Waals surface area (Å²) in [4.78, 5) is 0. The highest BCUT2D eigenvalue weighted by Gasteiger charge is 2.00. The number of aliphatic hydroxyl groups excluding tert-OH is 1. The number of aryl methyl sites for hydroxylation is 2. The highest BCUT2D eigenvalue weighted by molar-refractivity contribution is 5.22. The predicted octanol–water partition coefficient (Wildman–Crippen LogP) is 2.70. The van der Waals surface area contributed by atoms with E-state index in [0.29, 0.717) is 0 Å². The van der Waals surface area contributed by atoms with Gasteiger partial charge in [-0.3, -0.25) is 0 Å². The Morgan fingerprint density at radius 2 is 2.15 bits per heavy atom. The Balaban J connectivity index is 2.45. The van der Waals surface area contributed by atoms with E-state index in [2.05, 4.69) is 31.2 Å². The second-order valence-electron chi connectivity index (χ2n) is 3.59. The van der Waals surface area contributed by atoms with E-state index in [-0.39, 0.29) is 6.10 Å². The highest BCUT2D eigenvalue weighted by atomic mass is 16.3. The average molecular weight is 178 g/mol. The molecule has 0 radical (unpaired) electrons. The maximum atomic E-state index is 9.39. The number of rotatable bonds is 4. The Morgan fingerprint density at radius 3 is 2.77 bits per heavy atom. The second kappa shape index (κ2) is 5.03. The number of benzene rings is 1. The average Bonchev–Trinajstić information content (AvgIpc) is 2.14. The molecule has 1 N–H and O–H groups in total. The summed E-state index contributed by atoms with van der Waals surface area (Å²) >= 11 is 0. The zero-order valence-corrected chi connectivity index (χ0v) is 8.46. The fourth-order valence-corrected chi connectivity index (χ4v) is 1.41. The number of hydrogen-bond acceptors (Lipinski definition) is 1. The summed E-state index contributed by atoms with van der Waals surface area (Å²) in [5, 5.41) is 9.39. The largest absolute Gasteiger partial charge is 0.393 e. The summed E-state index contributed by atoms with van der Waals surface area (Å²) in [5.41, 5.74) is 2.62. The van der Waals surface area contributed by atoms with E-state index >= 15 is 0 Å². The highest BCUT2D eigenvalue weighted by Crippen LogP contribution is 2.09. The fourth-order valence-electron chi connectivity index (χ4n) is 1.41. The van der Waals surface area contributed by atoms with E-state index in [1.165, 1.54) is 11.1 Å². The molecule has 0 amide bonds. The molecule has 72 valence electrons. The van der Waals surface area contributed by atoms with Gasteiger partial charge in [0.15, 0.2) is 0 Å². The maximum absolute atomic E-state index is 9.39. The molecule has 0 saturated carbocycles. The van der Waals surface area contributed by atoms with Gasteiger partial charge in [0.1, 0.15) is 0 Å². The quantitative estimate of drug-likeness (QED) is 0.751. The van der Waals surface area contributed by atoms with Crippen LogP contribution in [0, 0.1) is 6.92 Å². The van der Waals surface area contributed by atoms with Crippen molar-refractivity contribution in [3.63, 3.8) is 0 Å². The third kappa shape index (κ3) is 3.60. The van der Waals surface area contributed by atoms with Gasteiger partial charge in [-0.1, -0.05) is 36.8 Å². The molecule has 0 aliphatic rings. The van der Waals surface area contributed by atoms with Crippen molar-refractivity contribution < 1.29 is 5.11 Å². The standard InChI is InChI=1S/C12H18O/c1-3-12(13)8-7-11-6-4-5-10(2)9-11/h4-6,9,12-13H,3,7-8H2,1-2H3. The molecule has 0 aromatic heterocycles. The molecule has 13 heavy (non-hydrogen) atoms. The van der Waals surface area contributed by atoms with Gasteiger partial charge >= 0.3 is 0 Å². The number of aliphatic hydroxyl groups is 1. The second-order valence-corrected chi connectivity index (χ2v) is 3.59. The van der Waals surface area contributed by atoms with Crippen molar-refractivity contribution >= 4 is 0 Å². The SMILES string of the molecule is CCC(O)CCc1cccc(C)c1. The van der Waals surface area contributed by atoms with Crippen molar-refractivity contribution in [1.29, 1.82) is 0 Å². The molecule has 1 aromatic rings. The molecule has 0 aliphatic carbocycles. The summed E-state index contributed by atoms with van der Waals surface area (Å²) in [6.45, 7) is 4.11. The van der Waals surface area contributed by atoms with Crippen LogP contribution in [0.3, 0.4) is 0 Å². The minimum absolute atomic E-state index is 0.138. The van der Waals surface area contributed by atoms with Gasteiger partial charge in [-0.15, -0.1) is 0 Å². The van der Waals surface area contributed by atoms with Crippen LogP contribution >= 0.6 is 0 Å². The van der Waals surface area contributed by atoms with Crippen LogP contribution in [0.25, 0.3) is 0 Å². The third-order valence-corrected chi connectivity index (χ3v) is 2.32. The van der Waals surface area contributed by atoms with Gasteiger partial charge in [-0.05, 0) is 31.7 Å². The third-order valence-electron chi connectivity index (χ3n) is 2.32. The molecule has 1 heteroatoms. The Morgan fingerprint density at radius 1 is 1.38 bits per heavy atom. The first kappa shape index (κ1) is 10.3. The molecular weight excluding hydrogens is 160 g/mol. The molecule has 1 nitrogen and oxygen atoms in total. The van der Waals surface area contributed by atoms with Gasteiger partial charge in [-0.2, -0.15) is 0 Å². The van der Waals surface area contributed by atoms with Crippen LogP contribution in [0.4, 0.5) is 0 Å². The lowest BCUT2D eigenvalue weighted by Gasteiger charge is -2.07. The normalized spacial score (nSPS) is 12.8. The summed E-state index contributed by atoms with van der Waals surface area (Å²) < 4.78 is 0. The van der Waals surface area contributed by atoms with Crippen LogP contribution in [0.15, 0.2) is 24.3 Å². The van der Waals surface area contributed by atoms with Gasteiger partial charge < -0.3 is 5.11 Å². The molecule has 0 bridgehead atoms. The monoisotopic (exact) mass is 178 g/mol. The zero-order chi connectivity index (χ0) is 9.68. The first-order valence-electron chi connectivity index (χ1n) is 4.96. The molecular formula is C12H18O. The summed E-state index contributed by atoms with van der Waals surface area (Å²) in [6.07, 6.45) is 2.57. The van der Waals surface area contributed by atoms with Crippen molar-refractivity contribution in [3.05, 3.63) is 35.4 Å². The van der Waals surface area contributed by atoms with Gasteiger partial charge in [-0.25, -0.2) is 0 Å². The van der Waals surface area contributed by atoms with Crippen molar-refractivity contribution in [2.75, 3.05) is 0 Å². The van der Waals surface area contributed by atoms with Crippen LogP contribution in [0.5, 0.6) is 0 Å². The van der Waals surface area contributed by atoms with E-state index < -0.39 is 0 Å². The van der Waals surface area contributed by atoms with Crippen molar-refractivity contribution in [2.45, 2.75) is 39.2 Å². The molecule has 1 aromatic carbocycles. The summed E-state index contributed by atoms with van der Waals surface area (Å²) in [7, 11) is 0. The lowest BCUT2D eigenvalue weighted by Crippen LogP contribution is -2.05. The first-order chi connectivity index (χ1) is 6.22.